The zero-order valence-corrected chi connectivity index (χ0v) is 9.17. The standard InChI is InChI=1S/C10H8BrN3/c1-5-2-8(12)6(3-7(5)11)10-9-4-13-14(9)10/h2-4H,12H2,1H3. The molecule has 2 heterocycles. The molecule has 0 aromatic heterocycles. The molecule has 70 valence electrons. The summed E-state index contributed by atoms with van der Waals surface area (Å²) in [6, 6.07) is 4.03. The number of benzene rings is 1. The van der Waals surface area contributed by atoms with Crippen molar-refractivity contribution >= 4 is 21.6 Å². The lowest BCUT2D eigenvalue weighted by Crippen LogP contribution is -1.90. The quantitative estimate of drug-likeness (QED) is 0.674. The second-order valence-corrected chi connectivity index (χ2v) is 4.33. The van der Waals surface area contributed by atoms with Gasteiger partial charge in [-0.2, -0.15) is 5.10 Å². The molecule has 0 bridgehead atoms. The Kier molecular flexibility index (Phi) is 1.37. The highest BCUT2D eigenvalue weighted by molar-refractivity contribution is 9.10. The molecule has 0 amide bonds. The van der Waals surface area contributed by atoms with Gasteiger partial charge in [0.05, 0.1) is 6.20 Å². The molecule has 3 rings (SSSR count). The maximum absolute atomic E-state index is 5.95. The first kappa shape index (κ1) is 8.05. The van der Waals surface area contributed by atoms with E-state index in [0.717, 1.165) is 27.0 Å². The van der Waals surface area contributed by atoms with Crippen LogP contribution in [0.3, 0.4) is 0 Å². The molecule has 1 aromatic rings. The molecule has 14 heavy (non-hydrogen) atoms. The molecular weight excluding hydrogens is 242 g/mol. The van der Waals surface area contributed by atoms with Gasteiger partial charge in [0.15, 0.2) is 0 Å². The van der Waals surface area contributed by atoms with E-state index in [-0.39, 0.29) is 0 Å². The van der Waals surface area contributed by atoms with Gasteiger partial charge in [-0.05, 0) is 24.6 Å². The SMILES string of the molecule is Cc1cc(N)c(-c2c3cnn2-3)cc1Br. The Morgan fingerprint density at radius 2 is 2.14 bits per heavy atom. The number of nitrogen functional groups attached to an aromatic ring is 1. The first-order chi connectivity index (χ1) is 6.68. The highest BCUT2D eigenvalue weighted by atomic mass is 79.9. The van der Waals surface area contributed by atoms with E-state index in [9.17, 15) is 0 Å². The van der Waals surface area contributed by atoms with Crippen LogP contribution in [0.15, 0.2) is 22.8 Å². The topological polar surface area (TPSA) is 43.8 Å². The third kappa shape index (κ3) is 0.889. The number of nitrogens with two attached hydrogens (primary N) is 1. The van der Waals surface area contributed by atoms with E-state index < -0.39 is 0 Å². The van der Waals surface area contributed by atoms with Crippen LogP contribution in [0.1, 0.15) is 5.56 Å². The molecule has 0 spiro atoms. The third-order valence-corrected chi connectivity index (χ3v) is 3.37. The number of hydrogen-bond donors (Lipinski definition) is 1. The van der Waals surface area contributed by atoms with E-state index in [4.69, 9.17) is 5.73 Å². The summed E-state index contributed by atoms with van der Waals surface area (Å²) in [5.74, 6) is 0. The van der Waals surface area contributed by atoms with E-state index >= 15 is 0 Å². The number of halogens is 1. The van der Waals surface area contributed by atoms with Gasteiger partial charge in [0.2, 0.25) is 0 Å². The molecule has 2 aliphatic rings. The molecule has 0 fully saturated rings. The lowest BCUT2D eigenvalue weighted by Gasteiger charge is -2.03. The van der Waals surface area contributed by atoms with E-state index in [1.54, 1.807) is 0 Å². The Balaban J connectivity index is 2.21. The lowest BCUT2D eigenvalue weighted by atomic mass is 10.1. The first-order valence-corrected chi connectivity index (χ1v) is 5.12. The van der Waals surface area contributed by atoms with Gasteiger partial charge >= 0.3 is 0 Å². The maximum Gasteiger partial charge on any atom is 0.112 e. The van der Waals surface area contributed by atoms with E-state index in [1.807, 2.05) is 23.9 Å². The summed E-state index contributed by atoms with van der Waals surface area (Å²) in [5.41, 5.74) is 11.3. The molecule has 2 N–H and O–H groups in total. The Morgan fingerprint density at radius 1 is 1.43 bits per heavy atom. The minimum Gasteiger partial charge on any atom is -0.398 e. The summed E-state index contributed by atoms with van der Waals surface area (Å²) in [4.78, 5) is 0. The molecule has 0 aliphatic carbocycles. The van der Waals surface area contributed by atoms with E-state index in [0.29, 0.717) is 0 Å². The van der Waals surface area contributed by atoms with Crippen molar-refractivity contribution in [3.8, 4) is 16.9 Å². The molecule has 0 atom stereocenters. The number of rotatable bonds is 1. The van der Waals surface area contributed by atoms with Crippen molar-refractivity contribution in [2.75, 3.05) is 5.73 Å². The fraction of sp³-hybridized carbons (Fsp3) is 0.100. The molecule has 0 saturated carbocycles. The number of nitrogens with zero attached hydrogens (tertiary/aromatic N) is 2. The summed E-state index contributed by atoms with van der Waals surface area (Å²) in [6.45, 7) is 2.03. The average molecular weight is 250 g/mol. The zero-order valence-electron chi connectivity index (χ0n) is 7.58. The molecule has 0 radical (unpaired) electrons. The summed E-state index contributed by atoms with van der Waals surface area (Å²) < 4.78 is 2.98. The van der Waals surface area contributed by atoms with Crippen molar-refractivity contribution in [1.29, 1.82) is 0 Å². The smallest absolute Gasteiger partial charge is 0.112 e. The predicted octanol–water partition coefficient (Wildman–Crippen LogP) is 2.51. The van der Waals surface area contributed by atoms with E-state index in [2.05, 4.69) is 27.1 Å². The summed E-state index contributed by atoms with van der Waals surface area (Å²) >= 11 is 3.50. The predicted molar refractivity (Wildman–Crippen MR) is 59.4 cm³/mol. The van der Waals surface area contributed by atoms with Crippen LogP contribution in [-0.2, 0) is 0 Å². The van der Waals surface area contributed by atoms with Gasteiger partial charge in [0, 0.05) is 15.7 Å². The van der Waals surface area contributed by atoms with Crippen molar-refractivity contribution in [2.24, 2.45) is 0 Å². The van der Waals surface area contributed by atoms with Crippen molar-refractivity contribution in [3.05, 3.63) is 28.4 Å². The Hall–Kier alpha value is -1.29. The molecule has 0 unspecified atom stereocenters. The third-order valence-electron chi connectivity index (χ3n) is 2.51. The van der Waals surface area contributed by atoms with Crippen molar-refractivity contribution in [1.82, 2.24) is 9.78 Å². The molecular formula is C10H8BrN3. The highest BCUT2D eigenvalue weighted by Gasteiger charge is 2.30. The van der Waals surface area contributed by atoms with Gasteiger partial charge in [-0.1, -0.05) is 15.9 Å². The number of fused-ring (bicyclic) bond motifs is 1. The van der Waals surface area contributed by atoms with Crippen LogP contribution in [-0.4, -0.2) is 9.78 Å². The second-order valence-electron chi connectivity index (χ2n) is 3.48. The molecule has 4 heteroatoms. The lowest BCUT2D eigenvalue weighted by molar-refractivity contribution is 0.908. The minimum absolute atomic E-state index is 0.811. The minimum atomic E-state index is 0.811. The van der Waals surface area contributed by atoms with Gasteiger partial charge < -0.3 is 5.73 Å². The number of anilines is 1. The van der Waals surface area contributed by atoms with Crippen molar-refractivity contribution in [2.45, 2.75) is 6.92 Å². The fourth-order valence-electron chi connectivity index (χ4n) is 1.62. The molecule has 3 nitrogen and oxygen atoms in total. The van der Waals surface area contributed by atoms with Gasteiger partial charge in [0.1, 0.15) is 11.4 Å². The largest absolute Gasteiger partial charge is 0.398 e. The van der Waals surface area contributed by atoms with Gasteiger partial charge in [-0.3, -0.25) is 0 Å². The van der Waals surface area contributed by atoms with Gasteiger partial charge in [-0.25, -0.2) is 4.68 Å². The fourth-order valence-corrected chi connectivity index (χ4v) is 1.97. The highest BCUT2D eigenvalue weighted by Crippen LogP contribution is 2.43. The summed E-state index contributed by atoms with van der Waals surface area (Å²) in [5, 5.41) is 4.06. The van der Waals surface area contributed by atoms with Crippen LogP contribution in [0.25, 0.3) is 16.9 Å². The number of aromatic nitrogens is 2. The maximum atomic E-state index is 5.95. The Bertz CT molecular complexity index is 523. The van der Waals surface area contributed by atoms with Crippen molar-refractivity contribution < 1.29 is 0 Å². The monoisotopic (exact) mass is 249 g/mol. The molecule has 0 saturated heterocycles. The second kappa shape index (κ2) is 2.39. The number of aryl methyl sites for hydroxylation is 1. The van der Waals surface area contributed by atoms with Crippen molar-refractivity contribution in [3.63, 3.8) is 0 Å². The van der Waals surface area contributed by atoms with Crippen LogP contribution < -0.4 is 5.73 Å². The zero-order chi connectivity index (χ0) is 9.87. The van der Waals surface area contributed by atoms with Gasteiger partial charge in [0.25, 0.3) is 0 Å². The summed E-state index contributed by atoms with van der Waals surface area (Å²) in [7, 11) is 0. The van der Waals surface area contributed by atoms with Crippen LogP contribution in [0, 0.1) is 6.92 Å². The van der Waals surface area contributed by atoms with Crippen LogP contribution in [0.2, 0.25) is 0 Å². The Labute approximate surface area is 89.7 Å². The van der Waals surface area contributed by atoms with Crippen LogP contribution in [0.5, 0.6) is 0 Å². The Morgan fingerprint density at radius 3 is 2.71 bits per heavy atom. The average Bonchev–Trinajstić information content (AvgIpc) is 2.59. The van der Waals surface area contributed by atoms with E-state index in [1.165, 1.54) is 5.69 Å². The molecule has 1 aromatic carbocycles. The normalized spacial score (nSPS) is 11.9. The van der Waals surface area contributed by atoms with Crippen LogP contribution >= 0.6 is 15.9 Å². The first-order valence-electron chi connectivity index (χ1n) is 4.33. The number of hydrogen-bond acceptors (Lipinski definition) is 2. The van der Waals surface area contributed by atoms with Gasteiger partial charge in [-0.15, -0.1) is 0 Å². The molecule has 2 aliphatic heterocycles. The summed E-state index contributed by atoms with van der Waals surface area (Å²) in [6.07, 6.45) is 1.85. The van der Waals surface area contributed by atoms with Crippen LogP contribution in [0.4, 0.5) is 5.69 Å².